The van der Waals surface area contributed by atoms with E-state index in [9.17, 15) is 18.0 Å². The van der Waals surface area contributed by atoms with E-state index in [1.165, 1.54) is 0 Å². The Bertz CT molecular complexity index is 316. The fourth-order valence-electron chi connectivity index (χ4n) is 0.856. The van der Waals surface area contributed by atoms with Crippen LogP contribution < -0.4 is 11.1 Å². The first kappa shape index (κ1) is 16.5. The van der Waals surface area contributed by atoms with Crippen molar-refractivity contribution in [3.8, 4) is 0 Å². The van der Waals surface area contributed by atoms with Gasteiger partial charge in [0.15, 0.2) is 0 Å². The molecular formula is C9H16F3N3O3. The zero-order chi connectivity index (χ0) is 14.4. The molecule has 0 saturated heterocycles. The summed E-state index contributed by atoms with van der Waals surface area (Å²) in [6.07, 6.45) is -4.46. The van der Waals surface area contributed by atoms with Gasteiger partial charge in [-0.3, -0.25) is 4.79 Å². The molecule has 1 amide bonds. The van der Waals surface area contributed by atoms with Gasteiger partial charge in [-0.2, -0.15) is 13.2 Å². The summed E-state index contributed by atoms with van der Waals surface area (Å²) in [5.74, 6) is -0.808. The van der Waals surface area contributed by atoms with Crippen LogP contribution in [0, 0.1) is 5.41 Å². The van der Waals surface area contributed by atoms with Crippen LogP contribution in [0.5, 0.6) is 0 Å². The predicted molar refractivity (Wildman–Crippen MR) is 57.1 cm³/mol. The van der Waals surface area contributed by atoms with Crippen molar-refractivity contribution >= 4 is 11.7 Å². The van der Waals surface area contributed by atoms with Crippen LogP contribution in [-0.4, -0.2) is 42.9 Å². The lowest BCUT2D eigenvalue weighted by molar-refractivity contribution is -0.175. The van der Waals surface area contributed by atoms with Gasteiger partial charge in [-0.25, -0.2) is 0 Å². The van der Waals surface area contributed by atoms with Crippen molar-refractivity contribution in [1.82, 2.24) is 5.32 Å². The van der Waals surface area contributed by atoms with Gasteiger partial charge in [-0.05, 0) is 0 Å². The Balaban J connectivity index is 3.98. The lowest BCUT2D eigenvalue weighted by atomic mass is 9.92. The lowest BCUT2D eigenvalue weighted by Crippen LogP contribution is -2.43. The van der Waals surface area contributed by atoms with E-state index in [4.69, 9.17) is 10.9 Å². The second-order valence-corrected chi connectivity index (χ2v) is 4.25. The number of alkyl halides is 3. The number of hydrogen-bond donors (Lipinski definition) is 3. The maximum absolute atomic E-state index is 11.7. The molecule has 0 aliphatic rings. The molecular weight excluding hydrogens is 255 g/mol. The van der Waals surface area contributed by atoms with Gasteiger partial charge in [0, 0.05) is 12.0 Å². The number of ether oxygens (including phenoxy) is 1. The number of carbonyl (C=O) groups excluding carboxylic acids is 1. The SMILES string of the molecule is CC(C)(CNC(=O)COCC(F)(F)F)C(N)=NO. The molecule has 0 aromatic rings. The van der Waals surface area contributed by atoms with E-state index < -0.39 is 30.7 Å². The van der Waals surface area contributed by atoms with Gasteiger partial charge in [0.05, 0.1) is 0 Å². The number of amidine groups is 1. The van der Waals surface area contributed by atoms with Crippen molar-refractivity contribution in [3.63, 3.8) is 0 Å². The van der Waals surface area contributed by atoms with Crippen LogP contribution >= 0.6 is 0 Å². The summed E-state index contributed by atoms with van der Waals surface area (Å²) in [7, 11) is 0. The summed E-state index contributed by atoms with van der Waals surface area (Å²) >= 11 is 0. The minimum Gasteiger partial charge on any atom is -0.409 e. The highest BCUT2D eigenvalue weighted by Crippen LogP contribution is 2.14. The molecule has 0 heterocycles. The third-order valence-electron chi connectivity index (χ3n) is 2.03. The molecule has 4 N–H and O–H groups in total. The molecule has 9 heteroatoms. The molecule has 0 atom stereocenters. The molecule has 0 saturated carbocycles. The highest BCUT2D eigenvalue weighted by Gasteiger charge is 2.28. The monoisotopic (exact) mass is 271 g/mol. The third kappa shape index (κ3) is 6.94. The van der Waals surface area contributed by atoms with E-state index in [0.717, 1.165) is 0 Å². The summed E-state index contributed by atoms with van der Waals surface area (Å²) in [6, 6.07) is 0. The molecule has 0 aliphatic heterocycles. The summed E-state index contributed by atoms with van der Waals surface area (Å²) in [5.41, 5.74) is 4.55. The second-order valence-electron chi connectivity index (χ2n) is 4.25. The standard InChI is InChI=1S/C9H16F3N3O3/c1-8(2,7(13)15-17)4-14-6(16)3-18-5-9(10,11)12/h17H,3-5H2,1-2H3,(H2,13,15)(H,14,16). The molecule has 0 unspecified atom stereocenters. The number of nitrogens with zero attached hydrogens (tertiary/aromatic N) is 1. The normalized spacial score (nSPS) is 13.5. The van der Waals surface area contributed by atoms with E-state index in [0.29, 0.717) is 0 Å². The Morgan fingerprint density at radius 1 is 1.44 bits per heavy atom. The van der Waals surface area contributed by atoms with Crippen molar-refractivity contribution in [3.05, 3.63) is 0 Å². The average molecular weight is 271 g/mol. The zero-order valence-electron chi connectivity index (χ0n) is 10.0. The predicted octanol–water partition coefficient (Wildman–Crippen LogP) is 0.454. The minimum absolute atomic E-state index is 0.0110. The molecule has 106 valence electrons. The van der Waals surface area contributed by atoms with Crippen molar-refractivity contribution in [2.75, 3.05) is 19.8 Å². The number of rotatable bonds is 6. The smallest absolute Gasteiger partial charge is 0.409 e. The molecule has 6 nitrogen and oxygen atoms in total. The van der Waals surface area contributed by atoms with E-state index in [-0.39, 0.29) is 12.4 Å². The number of carbonyl (C=O) groups is 1. The van der Waals surface area contributed by atoms with Gasteiger partial charge in [0.2, 0.25) is 5.91 Å². The van der Waals surface area contributed by atoms with Crippen molar-refractivity contribution < 1.29 is 27.9 Å². The summed E-state index contributed by atoms with van der Waals surface area (Å²) in [4.78, 5) is 11.1. The van der Waals surface area contributed by atoms with Gasteiger partial charge >= 0.3 is 6.18 Å². The number of nitrogens with one attached hydrogen (secondary N) is 1. The number of oxime groups is 1. The van der Waals surface area contributed by atoms with E-state index in [2.05, 4.69) is 15.2 Å². The topological polar surface area (TPSA) is 96.9 Å². The van der Waals surface area contributed by atoms with E-state index >= 15 is 0 Å². The minimum atomic E-state index is -4.46. The number of nitrogens with two attached hydrogens (primary N) is 1. The van der Waals surface area contributed by atoms with Gasteiger partial charge < -0.3 is 21.0 Å². The Kier molecular flexibility index (Phi) is 5.89. The van der Waals surface area contributed by atoms with Gasteiger partial charge in [0.25, 0.3) is 0 Å². The Hall–Kier alpha value is -1.51. The molecule has 0 rings (SSSR count). The summed E-state index contributed by atoms with van der Waals surface area (Å²) in [6.45, 7) is 1.02. The van der Waals surface area contributed by atoms with Crippen molar-refractivity contribution in [2.45, 2.75) is 20.0 Å². The average Bonchev–Trinajstić information content (AvgIpc) is 2.23. The maximum atomic E-state index is 11.7. The largest absolute Gasteiger partial charge is 0.411 e. The molecule has 0 aliphatic carbocycles. The summed E-state index contributed by atoms with van der Waals surface area (Å²) < 4.78 is 39.3. The van der Waals surface area contributed by atoms with Crippen LogP contribution in [0.4, 0.5) is 13.2 Å². The molecule has 0 bridgehead atoms. The Labute approximate surface area is 102 Å². The molecule has 0 radical (unpaired) electrons. The third-order valence-corrected chi connectivity index (χ3v) is 2.03. The lowest BCUT2D eigenvalue weighted by Gasteiger charge is -2.23. The van der Waals surface area contributed by atoms with Crippen LogP contribution in [0.1, 0.15) is 13.8 Å². The van der Waals surface area contributed by atoms with Crippen LogP contribution in [0.3, 0.4) is 0 Å². The fraction of sp³-hybridized carbons (Fsp3) is 0.778. The number of hydrogen-bond acceptors (Lipinski definition) is 4. The summed E-state index contributed by atoms with van der Waals surface area (Å²) in [5, 5.41) is 13.6. The van der Waals surface area contributed by atoms with Crippen molar-refractivity contribution in [1.29, 1.82) is 0 Å². The molecule has 18 heavy (non-hydrogen) atoms. The van der Waals surface area contributed by atoms with Gasteiger partial charge in [-0.15, -0.1) is 0 Å². The number of amides is 1. The molecule has 0 spiro atoms. The van der Waals surface area contributed by atoms with Crippen LogP contribution in [0.2, 0.25) is 0 Å². The Morgan fingerprint density at radius 3 is 2.44 bits per heavy atom. The van der Waals surface area contributed by atoms with Crippen LogP contribution in [0.15, 0.2) is 5.16 Å². The van der Waals surface area contributed by atoms with Crippen molar-refractivity contribution in [2.24, 2.45) is 16.3 Å². The number of halogens is 3. The quantitative estimate of drug-likeness (QED) is 0.283. The highest BCUT2D eigenvalue weighted by atomic mass is 19.4. The fourth-order valence-corrected chi connectivity index (χ4v) is 0.856. The first-order valence-electron chi connectivity index (χ1n) is 4.97. The highest BCUT2D eigenvalue weighted by molar-refractivity contribution is 5.86. The van der Waals surface area contributed by atoms with Gasteiger partial charge in [-0.1, -0.05) is 19.0 Å². The Morgan fingerprint density at radius 2 is 2.00 bits per heavy atom. The zero-order valence-corrected chi connectivity index (χ0v) is 10.0. The second kappa shape index (κ2) is 6.43. The maximum Gasteiger partial charge on any atom is 0.411 e. The first-order valence-corrected chi connectivity index (χ1v) is 4.97. The van der Waals surface area contributed by atoms with Crippen LogP contribution in [0.25, 0.3) is 0 Å². The van der Waals surface area contributed by atoms with E-state index in [1.54, 1.807) is 13.8 Å². The van der Waals surface area contributed by atoms with Gasteiger partial charge in [0.1, 0.15) is 19.0 Å². The molecule has 0 aromatic carbocycles. The molecule has 0 fully saturated rings. The van der Waals surface area contributed by atoms with Crippen LogP contribution in [-0.2, 0) is 9.53 Å². The van der Waals surface area contributed by atoms with E-state index in [1.807, 2.05) is 0 Å². The molecule has 0 aromatic heterocycles. The first-order chi connectivity index (χ1) is 8.08.